The van der Waals surface area contributed by atoms with E-state index in [2.05, 4.69) is 26.6 Å². The number of hydrogen-bond acceptors (Lipinski definition) is 3. The van der Waals surface area contributed by atoms with Gasteiger partial charge in [-0.25, -0.2) is 4.79 Å². The molecule has 1 aliphatic rings. The monoisotopic (exact) mass is 355 g/mol. The molecule has 0 N–H and O–H groups in total. The highest BCUT2D eigenvalue weighted by atomic mass is 79.9. The molecule has 0 bridgehead atoms. The van der Waals surface area contributed by atoms with Crippen molar-refractivity contribution in [1.29, 1.82) is 0 Å². The second kappa shape index (κ2) is 5.86. The van der Waals surface area contributed by atoms with Gasteiger partial charge < -0.3 is 9.64 Å². The lowest BCUT2D eigenvalue weighted by molar-refractivity contribution is -0.117. The van der Waals surface area contributed by atoms with E-state index in [4.69, 9.17) is 18.0 Å². The van der Waals surface area contributed by atoms with Crippen molar-refractivity contribution in [2.24, 2.45) is 5.92 Å². The fourth-order valence-corrected chi connectivity index (χ4v) is 3.20. The Hall–Kier alpha value is -1.51. The summed E-state index contributed by atoms with van der Waals surface area (Å²) >= 11 is 9.53. The van der Waals surface area contributed by atoms with Gasteiger partial charge in [0.1, 0.15) is 0 Å². The number of nitrogens with zero attached hydrogens (tertiary/aromatic N) is 1. The zero-order valence-corrected chi connectivity index (χ0v) is 13.0. The highest BCUT2D eigenvalue weighted by Crippen LogP contribution is 2.38. The second-order valence-corrected chi connectivity index (χ2v) is 5.61. The second-order valence-electron chi connectivity index (χ2n) is 4.35. The summed E-state index contributed by atoms with van der Waals surface area (Å²) in [6.07, 6.45) is 5.66. The predicted molar refractivity (Wildman–Crippen MR) is 79.8 cm³/mol. The predicted octanol–water partition coefficient (Wildman–Crippen LogP) is 2.88. The molecule has 6 heteroatoms. The van der Waals surface area contributed by atoms with Crippen LogP contribution >= 0.6 is 27.5 Å². The van der Waals surface area contributed by atoms with Crippen LogP contribution in [0.1, 0.15) is 16.8 Å². The topological polar surface area (TPSA) is 46.6 Å². The van der Waals surface area contributed by atoms with Gasteiger partial charge >= 0.3 is 5.97 Å². The summed E-state index contributed by atoms with van der Waals surface area (Å²) in [7, 11) is 1.29. The number of esters is 1. The van der Waals surface area contributed by atoms with Crippen LogP contribution in [0.2, 0.25) is 5.02 Å². The SMILES string of the molecule is C#CC1CC(=O)N(c2c(Cl)cc(C(=O)OC)cc2Br)C1. The lowest BCUT2D eigenvalue weighted by Gasteiger charge is -2.20. The lowest BCUT2D eigenvalue weighted by atomic mass is 10.1. The average molecular weight is 357 g/mol. The van der Waals surface area contributed by atoms with Crippen molar-refractivity contribution in [3.05, 3.63) is 27.2 Å². The summed E-state index contributed by atoms with van der Waals surface area (Å²) in [5, 5.41) is 0.297. The quantitative estimate of drug-likeness (QED) is 0.605. The minimum atomic E-state index is -0.492. The molecular formula is C14H11BrClNO3. The van der Waals surface area contributed by atoms with Crippen molar-refractivity contribution < 1.29 is 14.3 Å². The van der Waals surface area contributed by atoms with E-state index in [-0.39, 0.29) is 11.8 Å². The molecule has 1 saturated heterocycles. The van der Waals surface area contributed by atoms with Crippen LogP contribution in [0.15, 0.2) is 16.6 Å². The smallest absolute Gasteiger partial charge is 0.337 e. The fraction of sp³-hybridized carbons (Fsp3) is 0.286. The fourth-order valence-electron chi connectivity index (χ4n) is 2.09. The number of ether oxygens (including phenoxy) is 1. The third-order valence-corrected chi connectivity index (χ3v) is 3.96. The van der Waals surface area contributed by atoms with Crippen LogP contribution in [-0.4, -0.2) is 25.5 Å². The highest BCUT2D eigenvalue weighted by molar-refractivity contribution is 9.10. The van der Waals surface area contributed by atoms with E-state index < -0.39 is 5.97 Å². The summed E-state index contributed by atoms with van der Waals surface area (Å²) in [6, 6.07) is 3.05. The third kappa shape index (κ3) is 2.67. The van der Waals surface area contributed by atoms with E-state index in [1.807, 2.05) is 0 Å². The number of amides is 1. The maximum Gasteiger partial charge on any atom is 0.337 e. The Labute approximate surface area is 130 Å². The number of rotatable bonds is 2. The standard InChI is InChI=1S/C14H11BrClNO3/c1-3-8-4-12(18)17(7-8)13-10(15)5-9(6-11(13)16)14(19)20-2/h1,5-6,8H,4,7H2,2H3. The van der Waals surface area contributed by atoms with Crippen LogP contribution in [0.4, 0.5) is 5.69 Å². The Morgan fingerprint density at radius 3 is 2.80 bits per heavy atom. The largest absolute Gasteiger partial charge is 0.465 e. The number of carbonyl (C=O) groups is 2. The van der Waals surface area contributed by atoms with Gasteiger partial charge in [-0.2, -0.15) is 0 Å². The van der Waals surface area contributed by atoms with E-state index in [1.165, 1.54) is 18.1 Å². The first-order chi connectivity index (χ1) is 9.47. The van der Waals surface area contributed by atoms with Crippen molar-refractivity contribution in [2.75, 3.05) is 18.6 Å². The van der Waals surface area contributed by atoms with Gasteiger partial charge in [0.05, 0.1) is 23.4 Å². The molecule has 0 aliphatic carbocycles. The van der Waals surface area contributed by atoms with Gasteiger partial charge in [0, 0.05) is 23.4 Å². The van der Waals surface area contributed by atoms with Crippen LogP contribution in [0.3, 0.4) is 0 Å². The van der Waals surface area contributed by atoms with E-state index in [9.17, 15) is 9.59 Å². The Balaban J connectivity index is 2.42. The van der Waals surface area contributed by atoms with E-state index >= 15 is 0 Å². The first-order valence-corrected chi connectivity index (χ1v) is 6.99. The third-order valence-electron chi connectivity index (χ3n) is 3.07. The molecule has 104 valence electrons. The molecule has 4 nitrogen and oxygen atoms in total. The maximum atomic E-state index is 12.0. The molecule has 1 aromatic carbocycles. The van der Waals surface area contributed by atoms with Crippen LogP contribution in [-0.2, 0) is 9.53 Å². The zero-order chi connectivity index (χ0) is 14.9. The highest BCUT2D eigenvalue weighted by Gasteiger charge is 2.32. The number of carbonyl (C=O) groups excluding carboxylic acids is 2. The molecule has 0 aromatic heterocycles. The molecule has 1 amide bonds. The van der Waals surface area contributed by atoms with Gasteiger partial charge in [-0.15, -0.1) is 12.3 Å². The minimum absolute atomic E-state index is 0.0821. The van der Waals surface area contributed by atoms with Crippen LogP contribution < -0.4 is 4.90 Å². The number of methoxy groups -OCH3 is 1. The van der Waals surface area contributed by atoms with Gasteiger partial charge in [-0.1, -0.05) is 11.6 Å². The molecule has 1 aromatic rings. The zero-order valence-electron chi connectivity index (χ0n) is 10.7. The molecule has 0 radical (unpaired) electrons. The lowest BCUT2D eigenvalue weighted by Crippen LogP contribution is -2.25. The van der Waals surface area contributed by atoms with Gasteiger partial charge in [0.2, 0.25) is 5.91 Å². The van der Waals surface area contributed by atoms with Gasteiger partial charge in [0.15, 0.2) is 0 Å². The first kappa shape index (κ1) is 14.9. The van der Waals surface area contributed by atoms with Crippen molar-refractivity contribution in [3.8, 4) is 12.3 Å². The Morgan fingerprint density at radius 1 is 1.60 bits per heavy atom. The molecule has 2 rings (SSSR count). The van der Waals surface area contributed by atoms with Crippen molar-refractivity contribution in [3.63, 3.8) is 0 Å². The molecule has 0 spiro atoms. The maximum absolute atomic E-state index is 12.0. The van der Waals surface area contributed by atoms with E-state index in [0.29, 0.717) is 33.7 Å². The Kier molecular flexibility index (Phi) is 4.36. The average Bonchev–Trinajstić information content (AvgIpc) is 2.78. The summed E-state index contributed by atoms with van der Waals surface area (Å²) in [6.45, 7) is 0.422. The molecule has 1 fully saturated rings. The number of halogens is 2. The van der Waals surface area contributed by atoms with Crippen molar-refractivity contribution in [2.45, 2.75) is 6.42 Å². The van der Waals surface area contributed by atoms with Gasteiger partial charge in [0.25, 0.3) is 0 Å². The summed E-state index contributed by atoms with van der Waals surface area (Å²) in [5.41, 5.74) is 0.843. The summed E-state index contributed by atoms with van der Waals surface area (Å²) < 4.78 is 5.19. The van der Waals surface area contributed by atoms with E-state index in [1.54, 1.807) is 6.07 Å². The van der Waals surface area contributed by atoms with Crippen LogP contribution in [0, 0.1) is 18.3 Å². The first-order valence-electron chi connectivity index (χ1n) is 5.81. The number of terminal acetylenes is 1. The number of anilines is 1. The Morgan fingerprint density at radius 2 is 2.30 bits per heavy atom. The molecule has 1 heterocycles. The minimum Gasteiger partial charge on any atom is -0.465 e. The normalized spacial score (nSPS) is 18.0. The summed E-state index contributed by atoms with van der Waals surface area (Å²) in [4.78, 5) is 25.0. The number of hydrogen-bond donors (Lipinski definition) is 0. The number of benzene rings is 1. The van der Waals surface area contributed by atoms with Crippen molar-refractivity contribution in [1.82, 2.24) is 0 Å². The summed E-state index contributed by atoms with van der Waals surface area (Å²) in [5.74, 6) is 1.88. The van der Waals surface area contributed by atoms with Crippen LogP contribution in [0.5, 0.6) is 0 Å². The molecular weight excluding hydrogens is 346 g/mol. The van der Waals surface area contributed by atoms with Gasteiger partial charge in [-0.05, 0) is 28.1 Å². The molecule has 1 atom stereocenters. The van der Waals surface area contributed by atoms with Crippen LogP contribution in [0.25, 0.3) is 0 Å². The van der Waals surface area contributed by atoms with E-state index in [0.717, 1.165) is 0 Å². The molecule has 1 aliphatic heterocycles. The molecule has 20 heavy (non-hydrogen) atoms. The van der Waals surface area contributed by atoms with Crippen molar-refractivity contribution >= 4 is 45.1 Å². The Bertz CT molecular complexity index is 600. The molecule has 0 saturated carbocycles. The molecule has 1 unspecified atom stereocenters. The van der Waals surface area contributed by atoms with Gasteiger partial charge in [-0.3, -0.25) is 4.79 Å².